The molecule has 2 rings (SSSR count). The molecule has 1 nitrogen and oxygen atoms in total. The van der Waals surface area contributed by atoms with Gasteiger partial charge in [-0.3, -0.25) is 0 Å². The van der Waals surface area contributed by atoms with Gasteiger partial charge in [0.25, 0.3) is 0 Å². The minimum atomic E-state index is -4.70. The maximum absolute atomic E-state index is 13.6. The summed E-state index contributed by atoms with van der Waals surface area (Å²) in [6, 6.07) is 5.96. The molecule has 0 spiro atoms. The SMILES string of the molecule is Fc1c(-c2ccco2)cccc1C(F)(F)F. The van der Waals surface area contributed by atoms with E-state index in [0.717, 1.165) is 6.07 Å². The summed E-state index contributed by atoms with van der Waals surface area (Å²) >= 11 is 0. The lowest BCUT2D eigenvalue weighted by Gasteiger charge is -2.09. The van der Waals surface area contributed by atoms with Crippen molar-refractivity contribution in [3.05, 3.63) is 48.0 Å². The van der Waals surface area contributed by atoms with Crippen molar-refractivity contribution in [2.24, 2.45) is 0 Å². The van der Waals surface area contributed by atoms with Crippen LogP contribution in [0.15, 0.2) is 41.0 Å². The Bertz CT molecular complexity index is 485. The average molecular weight is 230 g/mol. The second kappa shape index (κ2) is 3.66. The van der Waals surface area contributed by atoms with E-state index in [1.54, 1.807) is 0 Å². The van der Waals surface area contributed by atoms with Crippen LogP contribution in [0, 0.1) is 5.82 Å². The molecule has 0 aliphatic carbocycles. The van der Waals surface area contributed by atoms with E-state index >= 15 is 0 Å². The molecule has 0 bridgehead atoms. The molecule has 0 amide bonds. The van der Waals surface area contributed by atoms with Gasteiger partial charge in [0.15, 0.2) is 0 Å². The van der Waals surface area contributed by atoms with Crippen LogP contribution in [0.5, 0.6) is 0 Å². The number of hydrogen-bond acceptors (Lipinski definition) is 1. The molecular formula is C11H6F4O. The van der Waals surface area contributed by atoms with Crippen molar-refractivity contribution in [1.82, 2.24) is 0 Å². The van der Waals surface area contributed by atoms with E-state index in [9.17, 15) is 17.6 Å². The lowest BCUT2D eigenvalue weighted by atomic mass is 10.1. The largest absolute Gasteiger partial charge is 0.464 e. The summed E-state index contributed by atoms with van der Waals surface area (Å²) < 4.78 is 55.6. The number of halogens is 4. The fraction of sp³-hybridized carbons (Fsp3) is 0.0909. The van der Waals surface area contributed by atoms with Crippen LogP contribution in [0.4, 0.5) is 17.6 Å². The molecule has 0 saturated carbocycles. The first-order chi connectivity index (χ1) is 7.50. The summed E-state index contributed by atoms with van der Waals surface area (Å²) in [6.45, 7) is 0. The Balaban J connectivity index is 2.58. The molecular weight excluding hydrogens is 224 g/mol. The second-order valence-corrected chi connectivity index (χ2v) is 3.14. The Kier molecular flexibility index (Phi) is 2.46. The molecule has 1 aromatic carbocycles. The molecule has 0 aliphatic rings. The third-order valence-electron chi connectivity index (χ3n) is 2.09. The summed E-state index contributed by atoms with van der Waals surface area (Å²) in [5, 5.41) is 0. The van der Waals surface area contributed by atoms with Gasteiger partial charge in [-0.1, -0.05) is 6.07 Å². The van der Waals surface area contributed by atoms with Gasteiger partial charge in [0.2, 0.25) is 0 Å². The van der Waals surface area contributed by atoms with Crippen molar-refractivity contribution in [3.8, 4) is 11.3 Å². The van der Waals surface area contributed by atoms with Crippen LogP contribution in [0.25, 0.3) is 11.3 Å². The molecule has 2 aromatic rings. The summed E-state index contributed by atoms with van der Waals surface area (Å²) in [5.41, 5.74) is -1.48. The summed E-state index contributed by atoms with van der Waals surface area (Å²) in [5.74, 6) is -1.24. The van der Waals surface area contributed by atoms with Crippen LogP contribution in [-0.2, 0) is 6.18 Å². The van der Waals surface area contributed by atoms with E-state index in [1.165, 1.54) is 24.5 Å². The van der Waals surface area contributed by atoms with Crippen LogP contribution in [0.1, 0.15) is 5.56 Å². The Morgan fingerprint density at radius 2 is 1.75 bits per heavy atom. The van der Waals surface area contributed by atoms with Gasteiger partial charge in [0.1, 0.15) is 11.6 Å². The first-order valence-electron chi connectivity index (χ1n) is 4.40. The van der Waals surface area contributed by atoms with Gasteiger partial charge >= 0.3 is 6.18 Å². The molecule has 0 N–H and O–H groups in total. The predicted octanol–water partition coefficient (Wildman–Crippen LogP) is 4.10. The molecule has 0 atom stereocenters. The molecule has 5 heteroatoms. The molecule has 0 radical (unpaired) electrons. The molecule has 16 heavy (non-hydrogen) atoms. The van der Waals surface area contributed by atoms with Crippen LogP contribution >= 0.6 is 0 Å². The Morgan fingerprint density at radius 3 is 2.31 bits per heavy atom. The molecule has 1 aromatic heterocycles. The fourth-order valence-electron chi connectivity index (χ4n) is 1.37. The van der Waals surface area contributed by atoms with Crippen molar-refractivity contribution in [3.63, 3.8) is 0 Å². The summed E-state index contributed by atoms with van der Waals surface area (Å²) in [7, 11) is 0. The van der Waals surface area contributed by atoms with Crippen LogP contribution < -0.4 is 0 Å². The third kappa shape index (κ3) is 1.80. The van der Waals surface area contributed by atoms with E-state index < -0.39 is 17.6 Å². The highest BCUT2D eigenvalue weighted by Gasteiger charge is 2.35. The van der Waals surface area contributed by atoms with E-state index in [1.807, 2.05) is 0 Å². The van der Waals surface area contributed by atoms with Gasteiger partial charge in [-0.05, 0) is 24.3 Å². The van der Waals surface area contributed by atoms with Gasteiger partial charge in [-0.25, -0.2) is 4.39 Å². The van der Waals surface area contributed by atoms with Gasteiger partial charge in [-0.2, -0.15) is 13.2 Å². The zero-order valence-electron chi connectivity index (χ0n) is 7.88. The number of furan rings is 1. The molecule has 0 unspecified atom stereocenters. The number of hydrogen-bond donors (Lipinski definition) is 0. The van der Waals surface area contributed by atoms with Gasteiger partial charge in [0, 0.05) is 0 Å². The average Bonchev–Trinajstić information content (AvgIpc) is 2.69. The Morgan fingerprint density at radius 1 is 1.00 bits per heavy atom. The van der Waals surface area contributed by atoms with E-state index in [0.29, 0.717) is 6.07 Å². The highest BCUT2D eigenvalue weighted by Crippen LogP contribution is 2.35. The minimum absolute atomic E-state index is 0.0728. The number of alkyl halides is 3. The van der Waals surface area contributed by atoms with Crippen molar-refractivity contribution >= 4 is 0 Å². The maximum atomic E-state index is 13.6. The highest BCUT2D eigenvalue weighted by atomic mass is 19.4. The Labute approximate surface area is 88.3 Å². The van der Waals surface area contributed by atoms with Crippen LogP contribution in [0.2, 0.25) is 0 Å². The zero-order valence-corrected chi connectivity index (χ0v) is 7.88. The topological polar surface area (TPSA) is 13.1 Å². The lowest BCUT2D eigenvalue weighted by Crippen LogP contribution is -2.08. The van der Waals surface area contributed by atoms with E-state index in [4.69, 9.17) is 4.42 Å². The highest BCUT2D eigenvalue weighted by molar-refractivity contribution is 5.59. The second-order valence-electron chi connectivity index (χ2n) is 3.14. The number of benzene rings is 1. The predicted molar refractivity (Wildman–Crippen MR) is 49.1 cm³/mol. The third-order valence-corrected chi connectivity index (χ3v) is 2.09. The van der Waals surface area contributed by atoms with Gasteiger partial charge in [-0.15, -0.1) is 0 Å². The van der Waals surface area contributed by atoms with Crippen molar-refractivity contribution in [2.75, 3.05) is 0 Å². The van der Waals surface area contributed by atoms with Crippen molar-refractivity contribution < 1.29 is 22.0 Å². The minimum Gasteiger partial charge on any atom is -0.464 e. The lowest BCUT2D eigenvalue weighted by molar-refractivity contribution is -0.139. The zero-order chi connectivity index (χ0) is 11.8. The summed E-state index contributed by atoms with van der Waals surface area (Å²) in [4.78, 5) is 0. The van der Waals surface area contributed by atoms with Crippen LogP contribution in [-0.4, -0.2) is 0 Å². The smallest absolute Gasteiger partial charge is 0.419 e. The molecule has 84 valence electrons. The fourth-order valence-corrected chi connectivity index (χ4v) is 1.37. The quantitative estimate of drug-likeness (QED) is 0.672. The first kappa shape index (κ1) is 10.7. The molecule has 1 heterocycles. The first-order valence-corrected chi connectivity index (χ1v) is 4.40. The summed E-state index contributed by atoms with van der Waals surface area (Å²) in [6.07, 6.45) is -3.43. The normalized spacial score (nSPS) is 11.8. The van der Waals surface area contributed by atoms with Gasteiger partial charge < -0.3 is 4.42 Å². The number of rotatable bonds is 1. The van der Waals surface area contributed by atoms with E-state index in [-0.39, 0.29) is 11.3 Å². The maximum Gasteiger partial charge on any atom is 0.419 e. The van der Waals surface area contributed by atoms with Crippen molar-refractivity contribution in [2.45, 2.75) is 6.18 Å². The molecule has 0 saturated heterocycles. The van der Waals surface area contributed by atoms with E-state index in [2.05, 4.69) is 0 Å². The monoisotopic (exact) mass is 230 g/mol. The Hall–Kier alpha value is -1.78. The molecule has 0 fully saturated rings. The molecule has 0 aliphatic heterocycles. The van der Waals surface area contributed by atoms with Crippen molar-refractivity contribution in [1.29, 1.82) is 0 Å². The van der Waals surface area contributed by atoms with Gasteiger partial charge in [0.05, 0.1) is 17.4 Å². The standard InChI is InChI=1S/C11H6F4O/c12-10-7(9-5-2-6-16-9)3-1-4-8(10)11(13,14)15/h1-6H. The van der Waals surface area contributed by atoms with Crippen LogP contribution in [0.3, 0.4) is 0 Å².